The second kappa shape index (κ2) is 6.88. The number of nitriles is 1. The monoisotopic (exact) mass is 224 g/mol. The Balaban J connectivity index is 1.97. The van der Waals surface area contributed by atoms with Crippen molar-refractivity contribution >= 4 is 0 Å². The van der Waals surface area contributed by atoms with Gasteiger partial charge in [-0.2, -0.15) is 5.26 Å². The molecule has 0 heterocycles. The molecule has 92 valence electrons. The maximum atomic E-state index is 9.06. The molecule has 1 fully saturated rings. The van der Waals surface area contributed by atoms with E-state index in [0.717, 1.165) is 44.9 Å². The van der Waals surface area contributed by atoms with Crippen molar-refractivity contribution in [2.45, 2.75) is 51.5 Å². The van der Waals surface area contributed by atoms with E-state index in [0.29, 0.717) is 0 Å². The van der Waals surface area contributed by atoms with Crippen molar-refractivity contribution in [1.82, 2.24) is 5.32 Å². The topological polar surface area (TPSA) is 45.0 Å². The highest BCUT2D eigenvalue weighted by Gasteiger charge is 2.22. The Labute approximate surface area is 99.2 Å². The highest BCUT2D eigenvalue weighted by atomic mass is 16.5. The molecule has 0 radical (unpaired) electrons. The number of rotatable bonds is 9. The molecule has 0 bridgehead atoms. The standard InChI is InChI=1S/C13H24N2O/c1-3-15-13(2,11-14)8-4-5-9-16-10-12-6-7-12/h12,15H,3-10H2,1-2H3. The van der Waals surface area contributed by atoms with Crippen LogP contribution in [0.1, 0.15) is 46.0 Å². The van der Waals surface area contributed by atoms with E-state index in [9.17, 15) is 0 Å². The lowest BCUT2D eigenvalue weighted by atomic mass is 9.97. The van der Waals surface area contributed by atoms with Crippen molar-refractivity contribution in [2.24, 2.45) is 5.92 Å². The maximum Gasteiger partial charge on any atom is 0.103 e. The normalized spacial score (nSPS) is 19.1. The lowest BCUT2D eigenvalue weighted by molar-refractivity contribution is 0.119. The molecule has 0 aromatic heterocycles. The summed E-state index contributed by atoms with van der Waals surface area (Å²) < 4.78 is 5.56. The van der Waals surface area contributed by atoms with Gasteiger partial charge in [0.05, 0.1) is 6.07 Å². The fourth-order valence-corrected chi connectivity index (χ4v) is 1.79. The Kier molecular flexibility index (Phi) is 5.79. The smallest absolute Gasteiger partial charge is 0.103 e. The molecule has 0 spiro atoms. The van der Waals surface area contributed by atoms with E-state index >= 15 is 0 Å². The van der Waals surface area contributed by atoms with Gasteiger partial charge in [-0.05, 0) is 51.5 Å². The molecule has 0 saturated heterocycles. The molecule has 0 amide bonds. The maximum absolute atomic E-state index is 9.06. The number of nitrogens with zero attached hydrogens (tertiary/aromatic N) is 1. The molecule has 3 nitrogen and oxygen atoms in total. The molecular weight excluding hydrogens is 200 g/mol. The van der Waals surface area contributed by atoms with Crippen molar-refractivity contribution in [2.75, 3.05) is 19.8 Å². The van der Waals surface area contributed by atoms with Gasteiger partial charge in [0.15, 0.2) is 0 Å². The van der Waals surface area contributed by atoms with Crippen molar-refractivity contribution in [3.8, 4) is 6.07 Å². The number of unbranched alkanes of at least 4 members (excludes halogenated alkanes) is 1. The van der Waals surface area contributed by atoms with Crippen LogP contribution in [0.5, 0.6) is 0 Å². The van der Waals surface area contributed by atoms with E-state index in [-0.39, 0.29) is 5.54 Å². The van der Waals surface area contributed by atoms with Crippen molar-refractivity contribution in [1.29, 1.82) is 5.26 Å². The molecule has 1 aliphatic carbocycles. The van der Waals surface area contributed by atoms with Crippen LogP contribution >= 0.6 is 0 Å². The van der Waals surface area contributed by atoms with Gasteiger partial charge in [0.2, 0.25) is 0 Å². The highest BCUT2D eigenvalue weighted by molar-refractivity contribution is 5.03. The summed E-state index contributed by atoms with van der Waals surface area (Å²) >= 11 is 0. The van der Waals surface area contributed by atoms with Gasteiger partial charge in [-0.25, -0.2) is 0 Å². The molecule has 16 heavy (non-hydrogen) atoms. The van der Waals surface area contributed by atoms with Crippen molar-refractivity contribution in [3.05, 3.63) is 0 Å². The first-order valence-corrected chi connectivity index (χ1v) is 6.44. The molecule has 0 aromatic rings. The first kappa shape index (κ1) is 13.5. The third-order valence-electron chi connectivity index (χ3n) is 3.08. The van der Waals surface area contributed by atoms with E-state index in [4.69, 9.17) is 10.00 Å². The number of nitrogens with one attached hydrogen (secondary N) is 1. The first-order valence-electron chi connectivity index (χ1n) is 6.44. The molecule has 0 aromatic carbocycles. The predicted octanol–water partition coefficient (Wildman–Crippen LogP) is 2.48. The molecule has 1 atom stereocenters. The fraction of sp³-hybridized carbons (Fsp3) is 0.923. The SMILES string of the molecule is CCNC(C)(C#N)CCCCOCC1CC1. The van der Waals surface area contributed by atoms with Gasteiger partial charge < -0.3 is 4.74 Å². The van der Waals surface area contributed by atoms with Crippen molar-refractivity contribution in [3.63, 3.8) is 0 Å². The van der Waals surface area contributed by atoms with Crippen LogP contribution in [0.3, 0.4) is 0 Å². The van der Waals surface area contributed by atoms with Crippen molar-refractivity contribution < 1.29 is 4.74 Å². The zero-order valence-electron chi connectivity index (χ0n) is 10.6. The summed E-state index contributed by atoms with van der Waals surface area (Å²) in [5.41, 5.74) is -0.356. The Morgan fingerprint density at radius 2 is 2.19 bits per heavy atom. The quantitative estimate of drug-likeness (QED) is 0.612. The fourth-order valence-electron chi connectivity index (χ4n) is 1.79. The Morgan fingerprint density at radius 1 is 1.44 bits per heavy atom. The third kappa shape index (κ3) is 5.48. The lowest BCUT2D eigenvalue weighted by Gasteiger charge is -2.22. The molecular formula is C13H24N2O. The average molecular weight is 224 g/mol. The predicted molar refractivity (Wildman–Crippen MR) is 65.1 cm³/mol. The van der Waals surface area contributed by atoms with Crippen LogP contribution < -0.4 is 5.32 Å². The van der Waals surface area contributed by atoms with Gasteiger partial charge in [0.25, 0.3) is 0 Å². The van der Waals surface area contributed by atoms with Crippen LogP contribution in [0.25, 0.3) is 0 Å². The molecule has 1 aliphatic rings. The minimum Gasteiger partial charge on any atom is -0.381 e. The van der Waals surface area contributed by atoms with E-state index < -0.39 is 0 Å². The lowest BCUT2D eigenvalue weighted by Crippen LogP contribution is -2.40. The van der Waals surface area contributed by atoms with Crippen LogP contribution in [0.4, 0.5) is 0 Å². The van der Waals surface area contributed by atoms with E-state index in [1.165, 1.54) is 12.8 Å². The molecule has 1 N–H and O–H groups in total. The van der Waals surface area contributed by atoms with Gasteiger partial charge in [-0.15, -0.1) is 0 Å². The van der Waals surface area contributed by atoms with Gasteiger partial charge in [0.1, 0.15) is 5.54 Å². The summed E-state index contributed by atoms with van der Waals surface area (Å²) in [5, 5.41) is 12.3. The Hall–Kier alpha value is -0.590. The first-order chi connectivity index (χ1) is 7.70. The second-order valence-corrected chi connectivity index (χ2v) is 4.95. The van der Waals surface area contributed by atoms with E-state index in [2.05, 4.69) is 11.4 Å². The molecule has 3 heteroatoms. The summed E-state index contributed by atoms with van der Waals surface area (Å²) in [4.78, 5) is 0. The summed E-state index contributed by atoms with van der Waals surface area (Å²) in [6.07, 6.45) is 5.74. The molecule has 1 rings (SSSR count). The molecule has 0 aliphatic heterocycles. The molecule has 1 unspecified atom stereocenters. The number of ether oxygens (including phenoxy) is 1. The van der Waals surface area contributed by atoms with Crippen LogP contribution in [0, 0.1) is 17.2 Å². The Bertz CT molecular complexity index is 233. The number of hydrogen-bond donors (Lipinski definition) is 1. The van der Waals surface area contributed by atoms with E-state index in [1.807, 2.05) is 13.8 Å². The highest BCUT2D eigenvalue weighted by Crippen LogP contribution is 2.28. The largest absolute Gasteiger partial charge is 0.381 e. The van der Waals surface area contributed by atoms with Crippen LogP contribution in [0.15, 0.2) is 0 Å². The minimum atomic E-state index is -0.356. The van der Waals surface area contributed by atoms with Gasteiger partial charge in [-0.3, -0.25) is 5.32 Å². The zero-order valence-corrected chi connectivity index (χ0v) is 10.6. The minimum absolute atomic E-state index is 0.356. The summed E-state index contributed by atoms with van der Waals surface area (Å²) in [6.45, 7) is 6.66. The second-order valence-electron chi connectivity index (χ2n) is 4.95. The summed E-state index contributed by atoms with van der Waals surface area (Å²) in [7, 11) is 0. The summed E-state index contributed by atoms with van der Waals surface area (Å²) in [5.74, 6) is 0.853. The molecule has 1 saturated carbocycles. The van der Waals surface area contributed by atoms with Gasteiger partial charge in [0, 0.05) is 13.2 Å². The van der Waals surface area contributed by atoms with E-state index in [1.54, 1.807) is 0 Å². The third-order valence-corrected chi connectivity index (χ3v) is 3.08. The Morgan fingerprint density at radius 3 is 2.75 bits per heavy atom. The summed E-state index contributed by atoms with van der Waals surface area (Å²) in [6, 6.07) is 2.35. The van der Waals surface area contributed by atoms with Crippen LogP contribution in [-0.2, 0) is 4.74 Å². The van der Waals surface area contributed by atoms with Crippen LogP contribution in [-0.4, -0.2) is 25.3 Å². The zero-order chi connectivity index (χ0) is 11.9. The van der Waals surface area contributed by atoms with Crippen LogP contribution in [0.2, 0.25) is 0 Å². The average Bonchev–Trinajstić information content (AvgIpc) is 3.07. The number of hydrogen-bond acceptors (Lipinski definition) is 3. The van der Waals surface area contributed by atoms with Gasteiger partial charge >= 0.3 is 0 Å². The van der Waals surface area contributed by atoms with Gasteiger partial charge in [-0.1, -0.05) is 6.92 Å².